The molecule has 0 bridgehead atoms. The van der Waals surface area contributed by atoms with Gasteiger partial charge in [0.2, 0.25) is 0 Å². The average Bonchev–Trinajstić information content (AvgIpc) is 3.08. The van der Waals surface area contributed by atoms with Gasteiger partial charge in [-0.05, 0) is 5.56 Å². The highest BCUT2D eigenvalue weighted by molar-refractivity contribution is 9.18. The van der Waals surface area contributed by atoms with Gasteiger partial charge in [-0.1, -0.05) is 34.8 Å². The molecule has 1 aromatic carbocycles. The summed E-state index contributed by atoms with van der Waals surface area (Å²) in [4.78, 5) is 0. The second kappa shape index (κ2) is 7.36. The van der Waals surface area contributed by atoms with E-state index in [1.165, 1.54) is 28.6 Å². The molecule has 0 aliphatic carbocycles. The topological polar surface area (TPSA) is 3.24 Å². The Morgan fingerprint density at radius 1 is 0.850 bits per heavy atom. The van der Waals surface area contributed by atoms with Gasteiger partial charge in [0.1, 0.15) is 10.0 Å². The minimum atomic E-state index is -1.56. The van der Waals surface area contributed by atoms with Crippen molar-refractivity contribution >= 4 is 80.1 Å². The van der Waals surface area contributed by atoms with Gasteiger partial charge >= 0.3 is 0 Å². The van der Waals surface area contributed by atoms with E-state index in [1.54, 1.807) is 0 Å². The first-order valence-electron chi connectivity index (χ1n) is 6.23. The van der Waals surface area contributed by atoms with Crippen molar-refractivity contribution in [2.75, 3.05) is 23.0 Å². The predicted octanol–water partition coefficient (Wildman–Crippen LogP) is 5.90. The van der Waals surface area contributed by atoms with Crippen LogP contribution in [0.4, 0.5) is 0 Å². The van der Waals surface area contributed by atoms with Crippen LogP contribution in [-0.4, -0.2) is 27.5 Å². The fourth-order valence-electron chi connectivity index (χ4n) is 2.01. The van der Waals surface area contributed by atoms with E-state index >= 15 is 0 Å². The van der Waals surface area contributed by atoms with Gasteiger partial charge in [-0.15, -0.1) is 0 Å². The predicted molar refractivity (Wildman–Crippen MR) is 110 cm³/mol. The molecule has 2 aliphatic heterocycles. The Morgan fingerprint density at radius 3 is 1.75 bits per heavy atom. The van der Waals surface area contributed by atoms with Gasteiger partial charge in [0.05, 0.1) is 6.54 Å². The highest BCUT2D eigenvalue weighted by Gasteiger charge is 2.53. The number of hydrogen-bond donors (Lipinski definition) is 0. The Balaban J connectivity index is 1.87. The summed E-state index contributed by atoms with van der Waals surface area (Å²) in [6.45, 7) is 0.940. The molecule has 0 spiro atoms. The molecule has 20 heavy (non-hydrogen) atoms. The van der Waals surface area contributed by atoms with Crippen LogP contribution in [-0.2, 0) is 31.0 Å². The Bertz CT molecular complexity index is 427. The van der Waals surface area contributed by atoms with E-state index in [0.717, 1.165) is 6.54 Å². The van der Waals surface area contributed by atoms with Crippen LogP contribution in [0, 0.1) is 0 Å². The van der Waals surface area contributed by atoms with E-state index in [0.29, 0.717) is 0 Å². The second-order valence-electron chi connectivity index (χ2n) is 4.29. The van der Waals surface area contributed by atoms with Gasteiger partial charge in [-0.25, -0.2) is 0 Å². The number of nitrogens with zero attached hydrogens (tertiary/aromatic N) is 1. The van der Waals surface area contributed by atoms with E-state index in [9.17, 15) is 0 Å². The molecule has 1 nitrogen and oxygen atoms in total. The Hall–Kier alpha value is 2.14. The Morgan fingerprint density at radius 2 is 1.30 bits per heavy atom. The summed E-state index contributed by atoms with van der Waals surface area (Å²) in [6.07, 6.45) is 0. The molecule has 9 heteroatoms. The number of hydrogen-bond acceptors (Lipinski definition) is 7. The molecule has 2 fully saturated rings. The van der Waals surface area contributed by atoms with Crippen molar-refractivity contribution in [3.8, 4) is 0 Å². The molecule has 0 aromatic heterocycles. The molecule has 2 saturated heterocycles. The first-order chi connectivity index (χ1) is 9.62. The van der Waals surface area contributed by atoms with Crippen LogP contribution in [0.1, 0.15) is 5.56 Å². The fraction of sp³-hybridized carbons (Fsp3) is 0.455. The lowest BCUT2D eigenvalue weighted by Crippen LogP contribution is -2.15. The maximum Gasteiger partial charge on any atom is 0.122 e. The minimum absolute atomic E-state index is 0.940. The zero-order valence-electron chi connectivity index (χ0n) is 10.7. The molecule has 0 atom stereocenters. The zero-order chi connectivity index (χ0) is 14.1. The highest BCUT2D eigenvalue weighted by Crippen LogP contribution is 2.97. The van der Waals surface area contributed by atoms with Crippen molar-refractivity contribution in [1.82, 2.24) is 4.44 Å². The minimum Gasteiger partial charge on any atom is -0.509 e. The molecule has 2 aliphatic rings. The third-order valence-electron chi connectivity index (χ3n) is 2.92. The molecule has 0 saturated carbocycles. The molecule has 0 radical (unpaired) electrons. The van der Waals surface area contributed by atoms with Gasteiger partial charge in [0.15, 0.2) is 0 Å². The quantitative estimate of drug-likeness (QED) is 0.439. The lowest BCUT2D eigenvalue weighted by atomic mass is 10.2. The third kappa shape index (κ3) is 3.79. The molecule has 0 N–H and O–H groups in total. The lowest BCUT2D eigenvalue weighted by molar-refractivity contribution is 0.727. The molecular formula is C11H15NP2S6. The fourth-order valence-corrected chi connectivity index (χ4v) is 33.3. The van der Waals surface area contributed by atoms with Crippen LogP contribution >= 0.6 is 55.6 Å². The summed E-state index contributed by atoms with van der Waals surface area (Å²) in [5.74, 6) is 4.77. The van der Waals surface area contributed by atoms with Gasteiger partial charge in [-0.3, -0.25) is 0 Å². The second-order valence-corrected chi connectivity index (χ2v) is 26.9. The molecule has 0 amide bonds. The van der Waals surface area contributed by atoms with Crippen LogP contribution in [0.3, 0.4) is 0 Å². The summed E-state index contributed by atoms with van der Waals surface area (Å²) in [7, 11) is 0. The van der Waals surface area contributed by atoms with Gasteiger partial charge < -0.3 is 24.5 Å². The van der Waals surface area contributed by atoms with Crippen molar-refractivity contribution in [3.63, 3.8) is 0 Å². The van der Waals surface area contributed by atoms with Crippen molar-refractivity contribution in [3.05, 3.63) is 35.9 Å². The Labute approximate surface area is 149 Å². The summed E-state index contributed by atoms with van der Waals surface area (Å²) >= 11 is 20.2. The normalized spacial score (nSPS) is 24.4. The van der Waals surface area contributed by atoms with Crippen molar-refractivity contribution in [2.45, 2.75) is 6.54 Å². The van der Waals surface area contributed by atoms with Gasteiger partial charge in [-0.2, -0.15) is 0 Å². The monoisotopic (exact) mass is 415 g/mol. The largest absolute Gasteiger partial charge is 0.509 e. The maximum absolute atomic E-state index is 6.09. The van der Waals surface area contributed by atoms with Crippen LogP contribution in [0.5, 0.6) is 0 Å². The maximum atomic E-state index is 6.09. The van der Waals surface area contributed by atoms with E-state index in [-0.39, 0.29) is 0 Å². The Kier molecular flexibility index (Phi) is 6.25. The third-order valence-corrected chi connectivity index (χ3v) is 28.7. The van der Waals surface area contributed by atoms with Gasteiger partial charge in [0.25, 0.3) is 0 Å². The molecule has 0 unspecified atom stereocenters. The van der Waals surface area contributed by atoms with Crippen molar-refractivity contribution in [2.24, 2.45) is 0 Å². The van der Waals surface area contributed by atoms with Gasteiger partial charge in [0, 0.05) is 68.5 Å². The number of rotatable bonds is 4. The summed E-state index contributed by atoms with van der Waals surface area (Å²) in [5, 5.41) is -3.11. The van der Waals surface area contributed by atoms with Crippen LogP contribution in [0.25, 0.3) is 0 Å². The zero-order valence-corrected chi connectivity index (χ0v) is 17.4. The molecule has 2 heterocycles. The molecule has 110 valence electrons. The summed E-state index contributed by atoms with van der Waals surface area (Å²) < 4.78 is 2.59. The van der Waals surface area contributed by atoms with Crippen LogP contribution < -0.4 is 0 Å². The first-order valence-corrected chi connectivity index (χ1v) is 18.1. The SMILES string of the molecule is [S-][P+]1(N(Cc2ccccc2)[P+]2([S-])SCCS2)SCCS1. The van der Waals surface area contributed by atoms with Crippen LogP contribution in [0.15, 0.2) is 30.3 Å². The number of benzene rings is 1. The smallest absolute Gasteiger partial charge is 0.122 e. The summed E-state index contributed by atoms with van der Waals surface area (Å²) in [5.41, 5.74) is 1.35. The molecular weight excluding hydrogens is 400 g/mol. The molecule has 3 rings (SSSR count). The highest BCUT2D eigenvalue weighted by atomic mass is 33.4. The summed E-state index contributed by atoms with van der Waals surface area (Å²) in [6, 6.07) is 10.7. The van der Waals surface area contributed by atoms with Crippen molar-refractivity contribution < 1.29 is 0 Å². The van der Waals surface area contributed by atoms with E-state index in [2.05, 4.69) is 34.8 Å². The average molecular weight is 416 g/mol. The van der Waals surface area contributed by atoms with E-state index in [4.69, 9.17) is 24.5 Å². The standard InChI is InChI=1S/C11H15NP2S6/c15-13(17-6-7-18-13)12(14(16)19-8-9-20-14)10-11-4-2-1-3-5-11/h1-5H,6-10H2. The van der Waals surface area contributed by atoms with Crippen LogP contribution in [0.2, 0.25) is 0 Å². The van der Waals surface area contributed by atoms with E-state index in [1.807, 2.05) is 45.5 Å². The lowest BCUT2D eigenvalue weighted by Gasteiger charge is -2.41. The van der Waals surface area contributed by atoms with E-state index < -0.39 is 10.0 Å². The van der Waals surface area contributed by atoms with Crippen molar-refractivity contribution in [1.29, 1.82) is 0 Å². The first kappa shape index (κ1) is 17.0. The molecule has 1 aromatic rings.